The molecule has 0 saturated heterocycles. The van der Waals surface area contributed by atoms with Crippen LogP contribution in [0.4, 0.5) is 0 Å². The lowest BCUT2D eigenvalue weighted by Gasteiger charge is -2.26. The molecule has 0 bridgehead atoms. The minimum absolute atomic E-state index is 0.423. The smallest absolute Gasteiger partial charge is 0.0530 e. The summed E-state index contributed by atoms with van der Waals surface area (Å²) in [6.07, 6.45) is 12.0. The zero-order valence-electron chi connectivity index (χ0n) is 10.8. The van der Waals surface area contributed by atoms with Crippen molar-refractivity contribution >= 4 is 12.6 Å². The number of hydrogen-bond donors (Lipinski definition) is 1. The molecule has 0 spiro atoms. The van der Waals surface area contributed by atoms with Gasteiger partial charge in [-0.2, -0.15) is 12.6 Å². The zero-order chi connectivity index (χ0) is 11.7. The van der Waals surface area contributed by atoms with Crippen LogP contribution in [-0.4, -0.2) is 19.0 Å². The topological polar surface area (TPSA) is 9.23 Å². The van der Waals surface area contributed by atoms with Crippen molar-refractivity contribution in [3.63, 3.8) is 0 Å². The van der Waals surface area contributed by atoms with Crippen molar-refractivity contribution in [2.75, 3.05) is 19.0 Å². The van der Waals surface area contributed by atoms with Crippen LogP contribution in [0.5, 0.6) is 0 Å². The molecular formula is C14H28OS. The van der Waals surface area contributed by atoms with Crippen LogP contribution < -0.4 is 0 Å². The quantitative estimate of drug-likeness (QED) is 0.465. The molecule has 16 heavy (non-hydrogen) atoms. The van der Waals surface area contributed by atoms with Gasteiger partial charge in [-0.15, -0.1) is 0 Å². The maximum absolute atomic E-state index is 5.84. The zero-order valence-corrected chi connectivity index (χ0v) is 11.7. The molecule has 1 fully saturated rings. The van der Waals surface area contributed by atoms with Gasteiger partial charge in [-0.25, -0.2) is 0 Å². The Morgan fingerprint density at radius 3 is 2.38 bits per heavy atom. The van der Waals surface area contributed by atoms with Crippen LogP contribution in [-0.2, 0) is 4.74 Å². The van der Waals surface area contributed by atoms with Crippen molar-refractivity contribution in [2.24, 2.45) is 5.41 Å². The Morgan fingerprint density at radius 1 is 1.06 bits per heavy atom. The van der Waals surface area contributed by atoms with Crippen molar-refractivity contribution in [2.45, 2.75) is 64.7 Å². The second kappa shape index (κ2) is 8.41. The van der Waals surface area contributed by atoms with Crippen LogP contribution in [0.25, 0.3) is 0 Å². The summed E-state index contributed by atoms with van der Waals surface area (Å²) >= 11 is 4.49. The normalized spacial score (nSPS) is 19.1. The Hall–Kier alpha value is 0.310. The largest absolute Gasteiger partial charge is 0.381 e. The number of thiol groups is 1. The molecule has 1 aliphatic carbocycles. The van der Waals surface area contributed by atoms with Crippen LogP contribution in [0.3, 0.4) is 0 Å². The Labute approximate surface area is 107 Å². The second-order valence-corrected chi connectivity index (χ2v) is 5.65. The van der Waals surface area contributed by atoms with Gasteiger partial charge < -0.3 is 4.74 Å². The molecule has 0 aromatic heterocycles. The fourth-order valence-corrected chi connectivity index (χ4v) is 2.98. The molecule has 0 aromatic carbocycles. The van der Waals surface area contributed by atoms with E-state index in [1.165, 1.54) is 57.8 Å². The summed E-state index contributed by atoms with van der Waals surface area (Å²) < 4.78 is 5.84. The van der Waals surface area contributed by atoms with Crippen LogP contribution in [0.1, 0.15) is 64.7 Å². The highest BCUT2D eigenvalue weighted by Crippen LogP contribution is 2.39. The molecule has 1 saturated carbocycles. The molecule has 0 N–H and O–H groups in total. The molecule has 0 aliphatic heterocycles. The van der Waals surface area contributed by atoms with E-state index >= 15 is 0 Å². The molecule has 1 aliphatic rings. The van der Waals surface area contributed by atoms with E-state index in [0.29, 0.717) is 5.41 Å². The van der Waals surface area contributed by atoms with Crippen LogP contribution >= 0.6 is 12.6 Å². The van der Waals surface area contributed by atoms with E-state index in [2.05, 4.69) is 19.6 Å². The van der Waals surface area contributed by atoms with E-state index in [9.17, 15) is 0 Å². The molecule has 1 nitrogen and oxygen atoms in total. The second-order valence-electron chi connectivity index (χ2n) is 5.33. The van der Waals surface area contributed by atoms with E-state index in [4.69, 9.17) is 4.74 Å². The first-order valence-electron chi connectivity index (χ1n) is 7.01. The summed E-state index contributed by atoms with van der Waals surface area (Å²) in [5.41, 5.74) is 0.423. The van der Waals surface area contributed by atoms with Gasteiger partial charge in [0.25, 0.3) is 0 Å². The monoisotopic (exact) mass is 244 g/mol. The molecule has 0 unspecified atom stereocenters. The summed E-state index contributed by atoms with van der Waals surface area (Å²) in [4.78, 5) is 0. The summed E-state index contributed by atoms with van der Waals surface area (Å²) in [5, 5.41) is 0. The number of unbranched alkanes of at least 4 members (excludes halogenated alkanes) is 4. The number of ether oxygens (including phenoxy) is 1. The molecule has 0 amide bonds. The molecule has 0 radical (unpaired) electrons. The molecule has 0 aromatic rings. The van der Waals surface area contributed by atoms with E-state index in [1.54, 1.807) is 0 Å². The number of rotatable bonds is 9. The Balaban J connectivity index is 1.97. The maximum Gasteiger partial charge on any atom is 0.0530 e. The molecule has 0 atom stereocenters. The third-order valence-electron chi connectivity index (χ3n) is 3.80. The summed E-state index contributed by atoms with van der Waals surface area (Å²) in [7, 11) is 0. The maximum atomic E-state index is 5.84. The minimum Gasteiger partial charge on any atom is -0.381 e. The van der Waals surface area contributed by atoms with Crippen molar-refractivity contribution in [1.82, 2.24) is 0 Å². The molecule has 2 heteroatoms. The fraction of sp³-hybridized carbons (Fsp3) is 1.00. The van der Waals surface area contributed by atoms with E-state index in [1.807, 2.05) is 0 Å². The SMILES string of the molecule is CCCCCCCOCC1(CS)CCCC1. The van der Waals surface area contributed by atoms with E-state index in [-0.39, 0.29) is 0 Å². The van der Waals surface area contributed by atoms with Gasteiger partial charge in [0.1, 0.15) is 0 Å². The van der Waals surface area contributed by atoms with Gasteiger partial charge in [0.2, 0.25) is 0 Å². The van der Waals surface area contributed by atoms with Gasteiger partial charge in [0, 0.05) is 12.0 Å². The summed E-state index contributed by atoms with van der Waals surface area (Å²) in [6.45, 7) is 4.16. The van der Waals surface area contributed by atoms with E-state index in [0.717, 1.165) is 19.0 Å². The van der Waals surface area contributed by atoms with Gasteiger partial charge in [-0.1, -0.05) is 45.4 Å². The van der Waals surface area contributed by atoms with Crippen LogP contribution in [0, 0.1) is 5.41 Å². The highest BCUT2D eigenvalue weighted by atomic mass is 32.1. The van der Waals surface area contributed by atoms with Crippen molar-refractivity contribution in [3.8, 4) is 0 Å². The fourth-order valence-electron chi connectivity index (χ4n) is 2.57. The highest BCUT2D eigenvalue weighted by molar-refractivity contribution is 7.80. The molecule has 1 rings (SSSR count). The average Bonchev–Trinajstić information content (AvgIpc) is 2.77. The van der Waals surface area contributed by atoms with Gasteiger partial charge in [-0.05, 0) is 25.0 Å². The first kappa shape index (κ1) is 14.4. The predicted molar refractivity (Wildman–Crippen MR) is 74.3 cm³/mol. The summed E-state index contributed by atoms with van der Waals surface area (Å²) in [6, 6.07) is 0. The molecule has 0 heterocycles. The van der Waals surface area contributed by atoms with Crippen LogP contribution in [0.2, 0.25) is 0 Å². The summed E-state index contributed by atoms with van der Waals surface area (Å²) in [5.74, 6) is 1.00. The standard InChI is InChI=1S/C14H28OS/c1-2-3-4-5-8-11-15-12-14(13-16)9-6-7-10-14/h16H,2-13H2,1H3. The first-order valence-corrected chi connectivity index (χ1v) is 7.65. The lowest BCUT2D eigenvalue weighted by Crippen LogP contribution is -2.25. The average molecular weight is 244 g/mol. The van der Waals surface area contributed by atoms with Crippen LogP contribution in [0.15, 0.2) is 0 Å². The first-order chi connectivity index (χ1) is 7.83. The third kappa shape index (κ3) is 5.09. The third-order valence-corrected chi connectivity index (χ3v) is 4.47. The lowest BCUT2D eigenvalue weighted by molar-refractivity contribution is 0.0567. The molecular weight excluding hydrogens is 216 g/mol. The van der Waals surface area contributed by atoms with Crippen molar-refractivity contribution < 1.29 is 4.74 Å². The van der Waals surface area contributed by atoms with Gasteiger partial charge in [0.15, 0.2) is 0 Å². The Kier molecular flexibility index (Phi) is 7.55. The van der Waals surface area contributed by atoms with Gasteiger partial charge in [-0.3, -0.25) is 0 Å². The Morgan fingerprint density at radius 2 is 1.75 bits per heavy atom. The van der Waals surface area contributed by atoms with Crippen molar-refractivity contribution in [3.05, 3.63) is 0 Å². The lowest BCUT2D eigenvalue weighted by atomic mass is 9.90. The predicted octanol–water partition coefficient (Wildman–Crippen LogP) is 4.46. The Bertz CT molecular complexity index is 164. The highest BCUT2D eigenvalue weighted by Gasteiger charge is 2.32. The van der Waals surface area contributed by atoms with E-state index < -0.39 is 0 Å². The van der Waals surface area contributed by atoms with Gasteiger partial charge in [0.05, 0.1) is 6.61 Å². The molecule has 96 valence electrons. The van der Waals surface area contributed by atoms with Crippen molar-refractivity contribution in [1.29, 1.82) is 0 Å². The number of hydrogen-bond acceptors (Lipinski definition) is 2. The minimum atomic E-state index is 0.423. The van der Waals surface area contributed by atoms with Gasteiger partial charge >= 0.3 is 0 Å².